The second kappa shape index (κ2) is 6.20. The van der Waals surface area contributed by atoms with Gasteiger partial charge in [0.25, 0.3) is 0 Å². The van der Waals surface area contributed by atoms with E-state index in [1.165, 1.54) is 19.2 Å². The SMILES string of the molecule is COC(=O)COc1cc(F)cc(CC(C)N)c1. The fourth-order valence-electron chi connectivity index (χ4n) is 1.39. The number of hydrogen-bond donors (Lipinski definition) is 1. The van der Waals surface area contributed by atoms with Crippen molar-refractivity contribution in [2.24, 2.45) is 5.73 Å². The zero-order valence-corrected chi connectivity index (χ0v) is 9.90. The number of esters is 1. The molecule has 0 saturated carbocycles. The molecule has 1 aromatic carbocycles. The fraction of sp³-hybridized carbons (Fsp3) is 0.417. The first-order valence-electron chi connectivity index (χ1n) is 5.26. The quantitative estimate of drug-likeness (QED) is 0.788. The minimum atomic E-state index is -0.511. The van der Waals surface area contributed by atoms with Crippen molar-refractivity contribution in [1.82, 2.24) is 0 Å². The van der Waals surface area contributed by atoms with E-state index in [0.717, 1.165) is 5.56 Å². The van der Waals surface area contributed by atoms with E-state index in [1.54, 1.807) is 6.07 Å². The highest BCUT2D eigenvalue weighted by Crippen LogP contribution is 2.17. The number of benzene rings is 1. The Kier molecular flexibility index (Phi) is 4.90. The van der Waals surface area contributed by atoms with Gasteiger partial charge in [0.2, 0.25) is 0 Å². The van der Waals surface area contributed by atoms with Crippen molar-refractivity contribution in [1.29, 1.82) is 0 Å². The Morgan fingerprint density at radius 3 is 2.76 bits per heavy atom. The van der Waals surface area contributed by atoms with Crippen LogP contribution in [-0.2, 0) is 16.0 Å². The number of carbonyl (C=O) groups excluding carboxylic acids is 1. The largest absolute Gasteiger partial charge is 0.482 e. The van der Waals surface area contributed by atoms with Gasteiger partial charge >= 0.3 is 5.97 Å². The van der Waals surface area contributed by atoms with E-state index in [4.69, 9.17) is 10.5 Å². The second-order valence-corrected chi connectivity index (χ2v) is 3.84. The normalized spacial score (nSPS) is 12.0. The van der Waals surface area contributed by atoms with Crippen LogP contribution in [0.15, 0.2) is 18.2 Å². The van der Waals surface area contributed by atoms with E-state index in [-0.39, 0.29) is 12.6 Å². The lowest BCUT2D eigenvalue weighted by Crippen LogP contribution is -2.18. The molecule has 0 aliphatic carbocycles. The summed E-state index contributed by atoms with van der Waals surface area (Å²) in [5, 5.41) is 0. The van der Waals surface area contributed by atoms with Crippen molar-refractivity contribution in [3.05, 3.63) is 29.6 Å². The molecule has 94 valence electrons. The molecule has 0 radical (unpaired) electrons. The molecule has 0 aliphatic heterocycles. The van der Waals surface area contributed by atoms with Gasteiger partial charge in [-0.15, -0.1) is 0 Å². The summed E-state index contributed by atoms with van der Waals surface area (Å²) in [4.78, 5) is 10.9. The Balaban J connectivity index is 2.71. The maximum atomic E-state index is 13.2. The van der Waals surface area contributed by atoms with Crippen molar-refractivity contribution >= 4 is 5.97 Å². The summed E-state index contributed by atoms with van der Waals surface area (Å²) in [5.74, 6) is -0.628. The summed E-state index contributed by atoms with van der Waals surface area (Å²) in [7, 11) is 1.26. The Bertz CT molecular complexity index is 393. The zero-order chi connectivity index (χ0) is 12.8. The first-order chi connectivity index (χ1) is 8.01. The Hall–Kier alpha value is -1.62. The summed E-state index contributed by atoms with van der Waals surface area (Å²) in [6.45, 7) is 1.59. The Morgan fingerprint density at radius 2 is 2.18 bits per heavy atom. The monoisotopic (exact) mass is 241 g/mol. The van der Waals surface area contributed by atoms with Crippen LogP contribution in [0.5, 0.6) is 5.75 Å². The lowest BCUT2D eigenvalue weighted by Gasteiger charge is -2.09. The van der Waals surface area contributed by atoms with E-state index in [1.807, 2.05) is 6.92 Å². The highest BCUT2D eigenvalue weighted by atomic mass is 19.1. The molecule has 0 amide bonds. The van der Waals surface area contributed by atoms with Crippen LogP contribution >= 0.6 is 0 Å². The molecule has 0 saturated heterocycles. The van der Waals surface area contributed by atoms with Gasteiger partial charge in [0, 0.05) is 12.1 Å². The molecule has 0 spiro atoms. The van der Waals surface area contributed by atoms with Gasteiger partial charge in [-0.25, -0.2) is 9.18 Å². The topological polar surface area (TPSA) is 61.5 Å². The lowest BCUT2D eigenvalue weighted by atomic mass is 10.1. The van der Waals surface area contributed by atoms with Crippen LogP contribution in [0.3, 0.4) is 0 Å². The van der Waals surface area contributed by atoms with E-state index < -0.39 is 11.8 Å². The van der Waals surface area contributed by atoms with Gasteiger partial charge in [-0.2, -0.15) is 0 Å². The van der Waals surface area contributed by atoms with Crippen molar-refractivity contribution in [3.8, 4) is 5.75 Å². The van der Waals surface area contributed by atoms with Gasteiger partial charge in [0.15, 0.2) is 6.61 Å². The summed E-state index contributed by atoms with van der Waals surface area (Å²) >= 11 is 0. The molecule has 1 rings (SSSR count). The summed E-state index contributed by atoms with van der Waals surface area (Å²) < 4.78 is 22.8. The highest BCUT2D eigenvalue weighted by molar-refractivity contribution is 5.70. The third kappa shape index (κ3) is 4.82. The molecule has 1 atom stereocenters. The van der Waals surface area contributed by atoms with E-state index in [0.29, 0.717) is 12.2 Å². The van der Waals surface area contributed by atoms with Gasteiger partial charge in [-0.05, 0) is 31.0 Å². The van der Waals surface area contributed by atoms with Crippen LogP contribution in [0.4, 0.5) is 4.39 Å². The van der Waals surface area contributed by atoms with Gasteiger partial charge in [-0.1, -0.05) is 0 Å². The molecule has 0 aliphatic rings. The van der Waals surface area contributed by atoms with Crippen LogP contribution < -0.4 is 10.5 Å². The minimum absolute atomic E-state index is 0.0646. The van der Waals surface area contributed by atoms with Gasteiger partial charge < -0.3 is 15.2 Å². The number of carbonyl (C=O) groups is 1. The van der Waals surface area contributed by atoms with Gasteiger partial charge in [-0.3, -0.25) is 0 Å². The molecular weight excluding hydrogens is 225 g/mol. The first kappa shape index (κ1) is 13.4. The van der Waals surface area contributed by atoms with Crippen LogP contribution in [0, 0.1) is 5.82 Å². The van der Waals surface area contributed by atoms with Crippen LogP contribution in [0.25, 0.3) is 0 Å². The average Bonchev–Trinajstić information content (AvgIpc) is 2.24. The molecule has 0 fully saturated rings. The maximum Gasteiger partial charge on any atom is 0.343 e. The molecular formula is C12H16FNO3. The number of rotatable bonds is 5. The molecule has 17 heavy (non-hydrogen) atoms. The van der Waals surface area contributed by atoms with Crippen LogP contribution in [0.2, 0.25) is 0 Å². The summed E-state index contributed by atoms with van der Waals surface area (Å²) in [6.07, 6.45) is 0.548. The average molecular weight is 241 g/mol. The van der Waals surface area contributed by atoms with Crippen molar-refractivity contribution < 1.29 is 18.7 Å². The van der Waals surface area contributed by atoms with Crippen LogP contribution in [0.1, 0.15) is 12.5 Å². The predicted octanol–water partition coefficient (Wildman–Crippen LogP) is 1.27. The predicted molar refractivity (Wildman–Crippen MR) is 61.3 cm³/mol. The first-order valence-corrected chi connectivity index (χ1v) is 5.26. The lowest BCUT2D eigenvalue weighted by molar-refractivity contribution is -0.142. The number of methoxy groups -OCH3 is 1. The van der Waals surface area contributed by atoms with Crippen LogP contribution in [-0.4, -0.2) is 25.7 Å². The second-order valence-electron chi connectivity index (χ2n) is 3.84. The third-order valence-electron chi connectivity index (χ3n) is 2.07. The minimum Gasteiger partial charge on any atom is -0.482 e. The van der Waals surface area contributed by atoms with Crippen molar-refractivity contribution in [2.45, 2.75) is 19.4 Å². The number of ether oxygens (including phenoxy) is 2. The van der Waals surface area contributed by atoms with E-state index >= 15 is 0 Å². The van der Waals surface area contributed by atoms with E-state index in [9.17, 15) is 9.18 Å². The zero-order valence-electron chi connectivity index (χ0n) is 9.90. The molecule has 0 aromatic heterocycles. The van der Waals surface area contributed by atoms with Crippen molar-refractivity contribution in [3.63, 3.8) is 0 Å². The van der Waals surface area contributed by atoms with Gasteiger partial charge in [0.05, 0.1) is 7.11 Å². The number of halogens is 1. The smallest absolute Gasteiger partial charge is 0.343 e. The summed E-state index contributed by atoms with van der Waals surface area (Å²) in [5.41, 5.74) is 6.37. The molecule has 0 bridgehead atoms. The maximum absolute atomic E-state index is 13.2. The third-order valence-corrected chi connectivity index (χ3v) is 2.07. The fourth-order valence-corrected chi connectivity index (χ4v) is 1.39. The Labute approximate surface area is 99.5 Å². The number of nitrogens with two attached hydrogens (primary N) is 1. The molecule has 1 aromatic rings. The molecule has 4 nitrogen and oxygen atoms in total. The standard InChI is InChI=1S/C12H16FNO3/c1-8(14)3-9-4-10(13)6-11(5-9)17-7-12(15)16-2/h4-6,8H,3,7,14H2,1-2H3. The molecule has 2 N–H and O–H groups in total. The van der Waals surface area contributed by atoms with Gasteiger partial charge in [0.1, 0.15) is 11.6 Å². The number of hydrogen-bond acceptors (Lipinski definition) is 4. The molecule has 1 unspecified atom stereocenters. The van der Waals surface area contributed by atoms with Crippen molar-refractivity contribution in [2.75, 3.05) is 13.7 Å². The Morgan fingerprint density at radius 1 is 1.47 bits per heavy atom. The molecule has 5 heteroatoms. The highest BCUT2D eigenvalue weighted by Gasteiger charge is 2.06. The summed E-state index contributed by atoms with van der Waals surface area (Å²) in [6, 6.07) is 4.21. The van der Waals surface area contributed by atoms with E-state index in [2.05, 4.69) is 4.74 Å². The molecule has 0 heterocycles.